The summed E-state index contributed by atoms with van der Waals surface area (Å²) in [6.07, 6.45) is 5.05. The van der Waals surface area contributed by atoms with E-state index in [9.17, 15) is 9.59 Å². The molecule has 0 spiro atoms. The van der Waals surface area contributed by atoms with Gasteiger partial charge in [0.15, 0.2) is 12.4 Å². The number of para-hydroxylation sites is 1. The minimum absolute atomic E-state index is 0.0353. The van der Waals surface area contributed by atoms with E-state index in [1.165, 1.54) is 6.42 Å². The average molecular weight is 392 g/mol. The Morgan fingerprint density at radius 2 is 1.76 bits per heavy atom. The normalized spacial score (nSPS) is 14.7. The van der Waals surface area contributed by atoms with Crippen LogP contribution >= 0.6 is 0 Å². The lowest BCUT2D eigenvalue weighted by molar-refractivity contribution is -0.152. The predicted molar refractivity (Wildman–Crippen MR) is 111 cm³/mol. The van der Waals surface area contributed by atoms with Crippen LogP contribution in [0.3, 0.4) is 0 Å². The first-order chi connectivity index (χ1) is 14.1. The third-order valence-electron chi connectivity index (χ3n) is 5.25. The molecule has 1 saturated carbocycles. The Bertz CT molecular complexity index is 1060. The zero-order chi connectivity index (χ0) is 20.2. The first kappa shape index (κ1) is 19.2. The van der Waals surface area contributed by atoms with E-state index in [1.54, 1.807) is 18.2 Å². The van der Waals surface area contributed by atoms with E-state index in [-0.39, 0.29) is 23.9 Å². The average Bonchev–Trinajstić information content (AvgIpc) is 2.74. The Labute approximate surface area is 169 Å². The van der Waals surface area contributed by atoms with Gasteiger partial charge in [-0.1, -0.05) is 48.4 Å². The summed E-state index contributed by atoms with van der Waals surface area (Å²) in [5, 5.41) is 0.416. The van der Waals surface area contributed by atoms with E-state index in [4.69, 9.17) is 13.9 Å². The number of hydrogen-bond donors (Lipinski definition) is 0. The van der Waals surface area contributed by atoms with E-state index in [0.29, 0.717) is 22.3 Å². The molecule has 0 unspecified atom stereocenters. The first-order valence-corrected chi connectivity index (χ1v) is 10.1. The molecule has 0 amide bonds. The molecule has 5 nitrogen and oxygen atoms in total. The minimum atomic E-state index is -0.459. The molecule has 0 bridgehead atoms. The molecule has 1 heterocycles. The molecule has 4 rings (SSSR count). The molecule has 1 aromatic heterocycles. The van der Waals surface area contributed by atoms with Crippen molar-refractivity contribution in [3.63, 3.8) is 0 Å². The zero-order valence-electron chi connectivity index (χ0n) is 16.5. The molecular weight excluding hydrogens is 368 g/mol. The van der Waals surface area contributed by atoms with E-state index in [1.807, 2.05) is 37.3 Å². The highest BCUT2D eigenvalue weighted by Gasteiger charge is 2.21. The Hall–Kier alpha value is -3.08. The van der Waals surface area contributed by atoms with Crippen LogP contribution in [-0.4, -0.2) is 18.7 Å². The van der Waals surface area contributed by atoms with Crippen molar-refractivity contribution in [2.75, 3.05) is 6.61 Å². The summed E-state index contributed by atoms with van der Waals surface area (Å²) < 4.78 is 17.2. The maximum atomic E-state index is 13.1. The second kappa shape index (κ2) is 8.52. The van der Waals surface area contributed by atoms with Gasteiger partial charge in [-0.3, -0.25) is 4.79 Å². The van der Waals surface area contributed by atoms with Crippen molar-refractivity contribution in [1.29, 1.82) is 0 Å². The van der Waals surface area contributed by atoms with Crippen molar-refractivity contribution in [1.82, 2.24) is 0 Å². The fourth-order valence-corrected chi connectivity index (χ4v) is 3.68. The van der Waals surface area contributed by atoms with Crippen LogP contribution in [0.2, 0.25) is 0 Å². The molecule has 0 saturated heterocycles. The quantitative estimate of drug-likeness (QED) is 0.570. The molecule has 5 heteroatoms. The maximum absolute atomic E-state index is 13.1. The molecule has 0 aliphatic heterocycles. The molecule has 0 atom stereocenters. The van der Waals surface area contributed by atoms with Gasteiger partial charge < -0.3 is 13.9 Å². The van der Waals surface area contributed by atoms with Crippen molar-refractivity contribution < 1.29 is 18.7 Å². The topological polar surface area (TPSA) is 65.7 Å². The summed E-state index contributed by atoms with van der Waals surface area (Å²) in [7, 11) is 0. The van der Waals surface area contributed by atoms with Crippen molar-refractivity contribution in [3.8, 4) is 17.1 Å². The predicted octanol–water partition coefficient (Wildman–Crippen LogP) is 5.02. The van der Waals surface area contributed by atoms with Gasteiger partial charge in [0.25, 0.3) is 0 Å². The number of fused-ring (bicyclic) bond motifs is 1. The fourth-order valence-electron chi connectivity index (χ4n) is 3.68. The van der Waals surface area contributed by atoms with Crippen molar-refractivity contribution in [2.45, 2.75) is 45.1 Å². The van der Waals surface area contributed by atoms with Crippen LogP contribution in [0.1, 0.15) is 37.7 Å². The maximum Gasteiger partial charge on any atom is 0.344 e. The summed E-state index contributed by atoms with van der Waals surface area (Å²) in [5.74, 6) is -0.105. The number of esters is 1. The molecule has 29 heavy (non-hydrogen) atoms. The molecule has 3 aromatic rings. The Balaban J connectivity index is 1.63. The first-order valence-electron chi connectivity index (χ1n) is 10.1. The molecule has 0 N–H and O–H groups in total. The number of hydrogen-bond acceptors (Lipinski definition) is 5. The highest BCUT2D eigenvalue weighted by molar-refractivity contribution is 5.82. The van der Waals surface area contributed by atoms with Gasteiger partial charge in [-0.2, -0.15) is 0 Å². The van der Waals surface area contributed by atoms with Gasteiger partial charge in [0.2, 0.25) is 11.2 Å². The lowest BCUT2D eigenvalue weighted by Gasteiger charge is -2.21. The SMILES string of the molecule is Cc1ccc(-c2oc3ccccc3c(=O)c2OCC(=O)OC2CCCCC2)cc1. The van der Waals surface area contributed by atoms with Crippen LogP contribution in [0.15, 0.2) is 57.7 Å². The Kier molecular flexibility index (Phi) is 5.65. The van der Waals surface area contributed by atoms with E-state index in [2.05, 4.69) is 0 Å². The summed E-state index contributed by atoms with van der Waals surface area (Å²) in [5.41, 5.74) is 1.99. The van der Waals surface area contributed by atoms with E-state index in [0.717, 1.165) is 31.2 Å². The number of benzene rings is 2. The molecule has 0 radical (unpaired) electrons. The highest BCUT2D eigenvalue weighted by atomic mass is 16.6. The standard InChI is InChI=1S/C24H24O5/c1-16-11-13-17(14-12-16)23-24(22(26)19-9-5-6-10-20(19)29-23)27-15-21(25)28-18-7-3-2-4-8-18/h5-6,9-14,18H,2-4,7-8,15H2,1H3. The van der Waals surface area contributed by atoms with Crippen LogP contribution in [0.4, 0.5) is 0 Å². The van der Waals surface area contributed by atoms with Crippen LogP contribution in [0, 0.1) is 6.92 Å². The third kappa shape index (κ3) is 4.34. The van der Waals surface area contributed by atoms with Gasteiger partial charge in [0.05, 0.1) is 5.39 Å². The lowest BCUT2D eigenvalue weighted by Crippen LogP contribution is -2.25. The molecule has 1 fully saturated rings. The smallest absolute Gasteiger partial charge is 0.344 e. The number of carbonyl (C=O) groups is 1. The van der Waals surface area contributed by atoms with Crippen molar-refractivity contribution >= 4 is 16.9 Å². The van der Waals surface area contributed by atoms with Gasteiger partial charge >= 0.3 is 5.97 Å². The second-order valence-corrected chi connectivity index (χ2v) is 7.49. The van der Waals surface area contributed by atoms with Crippen molar-refractivity contribution in [2.24, 2.45) is 0 Å². The number of rotatable bonds is 5. The zero-order valence-corrected chi connectivity index (χ0v) is 16.5. The fraction of sp³-hybridized carbons (Fsp3) is 0.333. The summed E-state index contributed by atoms with van der Waals surface area (Å²) in [4.78, 5) is 25.3. The van der Waals surface area contributed by atoms with Gasteiger partial charge in [0, 0.05) is 5.56 Å². The van der Waals surface area contributed by atoms with E-state index < -0.39 is 5.97 Å². The molecule has 1 aliphatic carbocycles. The molecule has 150 valence electrons. The van der Waals surface area contributed by atoms with Crippen LogP contribution in [-0.2, 0) is 9.53 Å². The van der Waals surface area contributed by atoms with Crippen LogP contribution in [0.5, 0.6) is 5.75 Å². The lowest BCUT2D eigenvalue weighted by atomic mass is 9.98. The summed E-state index contributed by atoms with van der Waals surface area (Å²) >= 11 is 0. The summed E-state index contributed by atoms with van der Waals surface area (Å²) in [6.45, 7) is 1.66. The van der Waals surface area contributed by atoms with Gasteiger partial charge in [-0.05, 0) is 44.7 Å². The molecular formula is C24H24O5. The Morgan fingerprint density at radius 1 is 1.03 bits per heavy atom. The highest BCUT2D eigenvalue weighted by Crippen LogP contribution is 2.31. The third-order valence-corrected chi connectivity index (χ3v) is 5.25. The molecule has 2 aromatic carbocycles. The van der Waals surface area contributed by atoms with Gasteiger partial charge in [0.1, 0.15) is 11.7 Å². The van der Waals surface area contributed by atoms with E-state index >= 15 is 0 Å². The van der Waals surface area contributed by atoms with Gasteiger partial charge in [-0.25, -0.2) is 4.79 Å². The molecule has 1 aliphatic rings. The largest absolute Gasteiger partial charge is 0.474 e. The second-order valence-electron chi connectivity index (χ2n) is 7.49. The van der Waals surface area contributed by atoms with Crippen molar-refractivity contribution in [3.05, 3.63) is 64.3 Å². The number of ether oxygens (including phenoxy) is 2. The van der Waals surface area contributed by atoms with Crippen LogP contribution in [0.25, 0.3) is 22.3 Å². The Morgan fingerprint density at radius 3 is 2.52 bits per heavy atom. The van der Waals surface area contributed by atoms with Crippen LogP contribution < -0.4 is 10.2 Å². The monoisotopic (exact) mass is 392 g/mol. The number of carbonyl (C=O) groups excluding carboxylic acids is 1. The van der Waals surface area contributed by atoms with Gasteiger partial charge in [-0.15, -0.1) is 0 Å². The minimum Gasteiger partial charge on any atom is -0.474 e. The summed E-state index contributed by atoms with van der Waals surface area (Å²) in [6, 6.07) is 14.6. The number of aryl methyl sites for hydroxylation is 1.